The molecule has 0 aliphatic heterocycles. The zero-order chi connectivity index (χ0) is 22.5. The van der Waals surface area contributed by atoms with Crippen molar-refractivity contribution < 1.29 is 4.79 Å². The number of H-pyrrole nitrogens is 1. The number of hydrogen-bond donors (Lipinski definition) is 2. The van der Waals surface area contributed by atoms with E-state index in [1.807, 2.05) is 17.5 Å². The highest BCUT2D eigenvalue weighted by molar-refractivity contribution is 7.15. The Morgan fingerprint density at radius 2 is 2.18 bits per heavy atom. The Kier molecular flexibility index (Phi) is 4.54. The van der Waals surface area contributed by atoms with Crippen LogP contribution in [0.3, 0.4) is 0 Å². The second-order valence-electron chi connectivity index (χ2n) is 8.15. The molecule has 0 bridgehead atoms. The Morgan fingerprint density at radius 3 is 2.91 bits per heavy atom. The van der Waals surface area contributed by atoms with E-state index in [2.05, 4.69) is 60.1 Å². The summed E-state index contributed by atoms with van der Waals surface area (Å²) in [6.07, 6.45) is 7.23. The first-order valence-electron chi connectivity index (χ1n) is 10.6. The lowest BCUT2D eigenvalue weighted by atomic mass is 10.2. The summed E-state index contributed by atoms with van der Waals surface area (Å²) < 4.78 is 3.65. The molecule has 1 fully saturated rings. The number of pyridine rings is 1. The van der Waals surface area contributed by atoms with E-state index in [1.54, 1.807) is 28.3 Å². The van der Waals surface area contributed by atoms with Gasteiger partial charge in [0.15, 0.2) is 17.3 Å². The van der Waals surface area contributed by atoms with Crippen LogP contribution in [0, 0.1) is 6.92 Å². The van der Waals surface area contributed by atoms with Crippen molar-refractivity contribution in [3.05, 3.63) is 59.0 Å². The maximum absolute atomic E-state index is 13.3. The van der Waals surface area contributed by atoms with Gasteiger partial charge >= 0.3 is 0 Å². The molecule has 1 atom stereocenters. The quantitative estimate of drug-likeness (QED) is 0.398. The number of nitrogens with zero attached hydrogens (tertiary/aromatic N) is 8. The molecule has 1 aliphatic carbocycles. The number of fused-ring (bicyclic) bond motifs is 1. The number of carbonyl (C=O) groups is 1. The third kappa shape index (κ3) is 3.48. The number of tetrazole rings is 1. The first kappa shape index (κ1) is 19.7. The molecule has 11 nitrogen and oxygen atoms in total. The van der Waals surface area contributed by atoms with Gasteiger partial charge in [0, 0.05) is 17.0 Å². The highest BCUT2D eigenvalue weighted by Gasteiger charge is 2.31. The lowest BCUT2D eigenvalue weighted by molar-refractivity contribution is 0.0938. The lowest BCUT2D eigenvalue weighted by Gasteiger charge is -2.13. The van der Waals surface area contributed by atoms with Crippen molar-refractivity contribution in [2.24, 2.45) is 0 Å². The Hall–Kier alpha value is -3.93. The minimum atomic E-state index is -0.337. The van der Waals surface area contributed by atoms with Gasteiger partial charge in [-0.25, -0.2) is 4.98 Å². The molecule has 1 saturated carbocycles. The smallest absolute Gasteiger partial charge is 0.253 e. The van der Waals surface area contributed by atoms with Crippen LogP contribution in [0.2, 0.25) is 0 Å². The molecule has 33 heavy (non-hydrogen) atoms. The van der Waals surface area contributed by atoms with Gasteiger partial charge in [-0.05, 0) is 55.3 Å². The van der Waals surface area contributed by atoms with Gasteiger partial charge in [0.1, 0.15) is 12.0 Å². The molecule has 5 aromatic rings. The highest BCUT2D eigenvalue weighted by Crippen LogP contribution is 2.39. The van der Waals surface area contributed by atoms with Gasteiger partial charge in [-0.3, -0.25) is 9.20 Å². The number of aryl methyl sites for hydroxylation is 1. The molecule has 1 unspecified atom stereocenters. The molecular weight excluding hydrogens is 440 g/mol. The molecular formula is C21H20N10OS. The average molecular weight is 461 g/mol. The van der Waals surface area contributed by atoms with E-state index in [9.17, 15) is 4.79 Å². The van der Waals surface area contributed by atoms with E-state index in [4.69, 9.17) is 0 Å². The Bertz CT molecular complexity index is 1460. The summed E-state index contributed by atoms with van der Waals surface area (Å²) in [6, 6.07) is 5.59. The number of nitrogens with one attached hydrogen (secondary N) is 2. The van der Waals surface area contributed by atoms with Crippen LogP contribution >= 0.6 is 11.3 Å². The fraction of sp³-hybridized carbons (Fsp3) is 0.286. The van der Waals surface area contributed by atoms with E-state index in [0.29, 0.717) is 28.6 Å². The summed E-state index contributed by atoms with van der Waals surface area (Å²) in [6.45, 7) is 3.91. The topological polar surface area (TPSA) is 132 Å². The van der Waals surface area contributed by atoms with Gasteiger partial charge < -0.3 is 10.3 Å². The van der Waals surface area contributed by atoms with Crippen LogP contribution in [0.15, 0.2) is 36.9 Å². The molecule has 166 valence electrons. The van der Waals surface area contributed by atoms with Crippen LogP contribution < -0.4 is 5.32 Å². The second kappa shape index (κ2) is 7.59. The SMILES string of the molecule is Cc1ccc(-c2cnc3c(-n4nnnc4C4CC4)cc(C(=O)NC(C)c4nnc[nH]4)cn23)s1. The molecule has 6 rings (SSSR count). The fourth-order valence-electron chi connectivity index (χ4n) is 3.84. The molecule has 5 heterocycles. The van der Waals surface area contributed by atoms with Gasteiger partial charge in [0.25, 0.3) is 5.91 Å². The van der Waals surface area contributed by atoms with Crippen molar-refractivity contribution in [2.75, 3.05) is 0 Å². The van der Waals surface area contributed by atoms with Crippen molar-refractivity contribution in [1.82, 2.24) is 50.1 Å². The summed E-state index contributed by atoms with van der Waals surface area (Å²) in [5.41, 5.74) is 2.73. The largest absolute Gasteiger partial charge is 0.342 e. The number of carbonyl (C=O) groups excluding carboxylic acids is 1. The lowest BCUT2D eigenvalue weighted by Crippen LogP contribution is -2.28. The zero-order valence-corrected chi connectivity index (χ0v) is 18.7. The third-order valence-corrected chi connectivity index (χ3v) is 6.72. The maximum atomic E-state index is 13.3. The molecule has 0 saturated heterocycles. The Balaban J connectivity index is 1.49. The first-order valence-corrected chi connectivity index (χ1v) is 11.4. The minimum absolute atomic E-state index is 0.245. The summed E-state index contributed by atoms with van der Waals surface area (Å²) in [4.78, 5) is 23.1. The van der Waals surface area contributed by atoms with Gasteiger partial charge in [-0.1, -0.05) is 0 Å². The van der Waals surface area contributed by atoms with Crippen molar-refractivity contribution in [1.29, 1.82) is 0 Å². The zero-order valence-electron chi connectivity index (χ0n) is 17.9. The van der Waals surface area contributed by atoms with Crippen LogP contribution in [-0.4, -0.2) is 50.7 Å². The fourth-order valence-corrected chi connectivity index (χ4v) is 4.72. The molecule has 0 radical (unpaired) electrons. The monoisotopic (exact) mass is 460 g/mol. The number of imidazole rings is 1. The number of amides is 1. The van der Waals surface area contributed by atoms with Crippen LogP contribution in [0.5, 0.6) is 0 Å². The van der Waals surface area contributed by atoms with Crippen molar-refractivity contribution in [3.63, 3.8) is 0 Å². The van der Waals surface area contributed by atoms with Crippen LogP contribution in [0.25, 0.3) is 21.9 Å². The van der Waals surface area contributed by atoms with Crippen molar-refractivity contribution in [3.8, 4) is 16.3 Å². The number of aromatic amines is 1. The van der Waals surface area contributed by atoms with Gasteiger partial charge in [0.05, 0.1) is 28.4 Å². The van der Waals surface area contributed by atoms with Crippen molar-refractivity contribution in [2.45, 2.75) is 38.6 Å². The Morgan fingerprint density at radius 1 is 1.30 bits per heavy atom. The summed E-state index contributed by atoms with van der Waals surface area (Å²) in [7, 11) is 0. The van der Waals surface area contributed by atoms with Gasteiger partial charge in [-0.15, -0.1) is 26.6 Å². The van der Waals surface area contributed by atoms with Crippen LogP contribution in [0.4, 0.5) is 0 Å². The standard InChI is InChI=1S/C21H20N10OS/c1-11-3-6-17(33-11)16-8-22-20-15(31-19(13-4-5-13)27-28-29-31)7-14(9-30(16)20)21(32)25-12(2)18-23-10-24-26-18/h3,6-10,12-13H,4-5H2,1-2H3,(H,25,32)(H,23,24,26). The minimum Gasteiger partial charge on any atom is -0.342 e. The number of rotatable bonds is 6. The van der Waals surface area contributed by atoms with Gasteiger partial charge in [-0.2, -0.15) is 4.68 Å². The van der Waals surface area contributed by atoms with E-state index < -0.39 is 0 Å². The van der Waals surface area contributed by atoms with E-state index in [1.165, 1.54) is 11.2 Å². The van der Waals surface area contributed by atoms with Crippen LogP contribution in [-0.2, 0) is 0 Å². The number of aromatic nitrogens is 9. The summed E-state index contributed by atoms with van der Waals surface area (Å²) in [5, 5.41) is 23.1. The first-order chi connectivity index (χ1) is 16.1. The maximum Gasteiger partial charge on any atom is 0.253 e. The second-order valence-corrected chi connectivity index (χ2v) is 9.44. The third-order valence-electron chi connectivity index (χ3n) is 5.70. The number of hydrogen-bond acceptors (Lipinski definition) is 8. The van der Waals surface area contributed by atoms with E-state index in [0.717, 1.165) is 29.2 Å². The molecule has 0 spiro atoms. The average Bonchev–Trinajstić information content (AvgIpc) is 3.28. The predicted molar refractivity (Wildman–Crippen MR) is 120 cm³/mol. The normalized spacial score (nSPS) is 14.6. The number of thiophene rings is 1. The van der Waals surface area contributed by atoms with Gasteiger partial charge in [0.2, 0.25) is 0 Å². The highest BCUT2D eigenvalue weighted by atomic mass is 32.1. The molecule has 5 aromatic heterocycles. The summed E-state index contributed by atoms with van der Waals surface area (Å²) in [5.74, 6) is 1.46. The molecule has 0 aromatic carbocycles. The molecule has 2 N–H and O–H groups in total. The predicted octanol–water partition coefficient (Wildman–Crippen LogP) is 2.83. The van der Waals surface area contributed by atoms with Crippen molar-refractivity contribution >= 4 is 22.9 Å². The van der Waals surface area contributed by atoms with E-state index >= 15 is 0 Å². The summed E-state index contributed by atoms with van der Waals surface area (Å²) >= 11 is 1.68. The molecule has 1 amide bonds. The molecule has 12 heteroatoms. The van der Waals surface area contributed by atoms with E-state index in [-0.39, 0.29) is 11.9 Å². The molecule has 1 aliphatic rings. The Labute approximate surface area is 191 Å². The van der Waals surface area contributed by atoms with Crippen LogP contribution in [0.1, 0.15) is 58.6 Å².